The molecular weight excluding hydrogens is 319 g/mol. The van der Waals surface area contributed by atoms with Gasteiger partial charge in [0.1, 0.15) is 11.1 Å². The van der Waals surface area contributed by atoms with Crippen LogP contribution >= 0.6 is 11.8 Å². The number of furan rings is 1. The molecular formula is C15H13FN4O2S. The molecule has 0 radical (unpaired) electrons. The number of nitrogens with zero attached hydrogens (tertiary/aromatic N) is 3. The second kappa shape index (κ2) is 6.25. The maximum atomic E-state index is 13.0. The van der Waals surface area contributed by atoms with Crippen LogP contribution in [0.4, 0.5) is 4.39 Å². The summed E-state index contributed by atoms with van der Waals surface area (Å²) in [6.07, 6.45) is 1.54. The van der Waals surface area contributed by atoms with Crippen molar-refractivity contribution in [2.45, 2.75) is 10.4 Å². The molecule has 0 aliphatic heterocycles. The third kappa shape index (κ3) is 3.11. The van der Waals surface area contributed by atoms with Crippen molar-refractivity contribution < 1.29 is 13.6 Å². The smallest absolute Gasteiger partial charge is 0.235 e. The molecule has 0 unspecified atom stereocenters. The van der Waals surface area contributed by atoms with Gasteiger partial charge in [0.15, 0.2) is 16.7 Å². The van der Waals surface area contributed by atoms with Crippen molar-refractivity contribution in [3.05, 3.63) is 54.0 Å². The molecule has 0 saturated heterocycles. The number of rotatable bonds is 5. The molecule has 0 bridgehead atoms. The molecule has 23 heavy (non-hydrogen) atoms. The van der Waals surface area contributed by atoms with Crippen LogP contribution in [0.2, 0.25) is 0 Å². The minimum atomic E-state index is -0.692. The van der Waals surface area contributed by atoms with Gasteiger partial charge in [-0.3, -0.25) is 4.79 Å². The monoisotopic (exact) mass is 332 g/mol. The van der Waals surface area contributed by atoms with Gasteiger partial charge in [-0.05, 0) is 29.8 Å². The number of hydrogen-bond donors (Lipinski definition) is 1. The van der Waals surface area contributed by atoms with Gasteiger partial charge >= 0.3 is 0 Å². The Balaban J connectivity index is 1.89. The molecule has 3 rings (SSSR count). The van der Waals surface area contributed by atoms with Crippen molar-refractivity contribution in [2.24, 2.45) is 12.8 Å². The first-order valence-electron chi connectivity index (χ1n) is 6.71. The lowest BCUT2D eigenvalue weighted by Crippen LogP contribution is -2.19. The van der Waals surface area contributed by atoms with E-state index in [1.165, 1.54) is 24.3 Å². The number of carbonyl (C=O) groups excluding carboxylic acids is 1. The number of aromatic nitrogens is 3. The summed E-state index contributed by atoms with van der Waals surface area (Å²) < 4.78 is 20.1. The zero-order valence-corrected chi connectivity index (χ0v) is 13.0. The van der Waals surface area contributed by atoms with E-state index in [2.05, 4.69) is 10.2 Å². The molecule has 8 heteroatoms. The van der Waals surface area contributed by atoms with E-state index in [0.717, 1.165) is 11.8 Å². The Kier molecular flexibility index (Phi) is 4.16. The number of nitrogens with two attached hydrogens (primary N) is 1. The predicted molar refractivity (Wildman–Crippen MR) is 82.9 cm³/mol. The van der Waals surface area contributed by atoms with Crippen LogP contribution in [0.5, 0.6) is 0 Å². The van der Waals surface area contributed by atoms with Crippen molar-refractivity contribution in [1.82, 2.24) is 14.8 Å². The molecule has 118 valence electrons. The van der Waals surface area contributed by atoms with E-state index in [0.29, 0.717) is 22.3 Å². The van der Waals surface area contributed by atoms with Gasteiger partial charge in [-0.1, -0.05) is 23.9 Å². The number of primary amides is 1. The van der Waals surface area contributed by atoms with Crippen LogP contribution in [-0.2, 0) is 11.8 Å². The van der Waals surface area contributed by atoms with Crippen molar-refractivity contribution in [3.8, 4) is 11.6 Å². The molecule has 1 atom stereocenters. The first-order chi connectivity index (χ1) is 11.1. The zero-order chi connectivity index (χ0) is 16.4. The highest BCUT2D eigenvalue weighted by Crippen LogP contribution is 2.35. The fourth-order valence-corrected chi connectivity index (χ4v) is 3.02. The molecule has 3 aromatic rings. The summed E-state index contributed by atoms with van der Waals surface area (Å²) in [7, 11) is 1.77. The van der Waals surface area contributed by atoms with Gasteiger partial charge < -0.3 is 14.7 Å². The van der Waals surface area contributed by atoms with Gasteiger partial charge in [-0.2, -0.15) is 0 Å². The maximum absolute atomic E-state index is 13.0. The highest BCUT2D eigenvalue weighted by atomic mass is 32.2. The average Bonchev–Trinajstić information content (AvgIpc) is 3.16. The Hall–Kier alpha value is -2.61. The molecule has 0 spiro atoms. The van der Waals surface area contributed by atoms with Crippen molar-refractivity contribution >= 4 is 17.7 Å². The van der Waals surface area contributed by atoms with Gasteiger partial charge in [0.2, 0.25) is 5.91 Å². The molecule has 1 amide bonds. The van der Waals surface area contributed by atoms with E-state index >= 15 is 0 Å². The lowest BCUT2D eigenvalue weighted by atomic mass is 10.1. The fraction of sp³-hybridized carbons (Fsp3) is 0.133. The molecule has 2 N–H and O–H groups in total. The minimum absolute atomic E-state index is 0.374. The highest BCUT2D eigenvalue weighted by Gasteiger charge is 2.23. The van der Waals surface area contributed by atoms with E-state index < -0.39 is 11.2 Å². The largest absolute Gasteiger partial charge is 0.461 e. The number of carbonyl (C=O) groups is 1. The third-order valence-corrected chi connectivity index (χ3v) is 4.54. The molecule has 0 aliphatic rings. The SMILES string of the molecule is Cn1c(S[C@H](C(N)=O)c2ccc(F)cc2)nnc1-c1ccco1. The summed E-state index contributed by atoms with van der Waals surface area (Å²) in [4.78, 5) is 11.8. The minimum Gasteiger partial charge on any atom is -0.461 e. The van der Waals surface area contributed by atoms with Gasteiger partial charge in [0.25, 0.3) is 0 Å². The van der Waals surface area contributed by atoms with Crippen molar-refractivity contribution in [2.75, 3.05) is 0 Å². The van der Waals surface area contributed by atoms with Gasteiger partial charge in [0.05, 0.1) is 6.26 Å². The van der Waals surface area contributed by atoms with Crippen LogP contribution in [0.1, 0.15) is 10.8 Å². The number of thioether (sulfide) groups is 1. The van der Waals surface area contributed by atoms with E-state index in [1.54, 1.807) is 30.0 Å². The van der Waals surface area contributed by atoms with Crippen LogP contribution in [0.3, 0.4) is 0 Å². The summed E-state index contributed by atoms with van der Waals surface area (Å²) >= 11 is 1.15. The quantitative estimate of drug-likeness (QED) is 0.726. The van der Waals surface area contributed by atoms with Gasteiger partial charge in [0, 0.05) is 7.05 Å². The number of halogens is 1. The number of hydrogen-bond acceptors (Lipinski definition) is 5. The molecule has 6 nitrogen and oxygen atoms in total. The molecule has 2 heterocycles. The molecule has 0 aliphatic carbocycles. The Labute approximate surface area is 135 Å². The first-order valence-corrected chi connectivity index (χ1v) is 7.59. The average molecular weight is 332 g/mol. The molecule has 1 aromatic carbocycles. The van der Waals surface area contributed by atoms with Gasteiger partial charge in [-0.25, -0.2) is 4.39 Å². The standard InChI is InChI=1S/C15H13FN4O2S/c1-20-14(11-3-2-8-22-11)18-19-15(20)23-12(13(17)21)9-4-6-10(16)7-5-9/h2-8,12H,1H3,(H2,17,21)/t12-/m0/s1. The van der Waals surface area contributed by atoms with Crippen LogP contribution in [0.15, 0.2) is 52.2 Å². The summed E-state index contributed by atoms with van der Waals surface area (Å²) in [5.41, 5.74) is 6.08. The van der Waals surface area contributed by atoms with Crippen molar-refractivity contribution in [3.63, 3.8) is 0 Å². The van der Waals surface area contributed by atoms with E-state index in [-0.39, 0.29) is 5.82 Å². The second-order valence-corrected chi connectivity index (χ2v) is 5.87. The van der Waals surface area contributed by atoms with E-state index in [9.17, 15) is 9.18 Å². The number of benzene rings is 1. The summed E-state index contributed by atoms with van der Waals surface area (Å²) in [6, 6.07) is 9.16. The second-order valence-electron chi connectivity index (χ2n) is 4.79. The first kappa shape index (κ1) is 15.3. The maximum Gasteiger partial charge on any atom is 0.235 e. The summed E-state index contributed by atoms with van der Waals surface area (Å²) in [6.45, 7) is 0. The lowest BCUT2D eigenvalue weighted by Gasteiger charge is -2.12. The molecule has 0 fully saturated rings. The fourth-order valence-electron chi connectivity index (χ4n) is 2.07. The molecule has 0 saturated carbocycles. The Morgan fingerprint density at radius 1 is 1.30 bits per heavy atom. The van der Waals surface area contributed by atoms with E-state index in [1.807, 2.05) is 0 Å². The van der Waals surface area contributed by atoms with Crippen LogP contribution in [0.25, 0.3) is 11.6 Å². The summed E-state index contributed by atoms with van der Waals surface area (Å²) in [5, 5.41) is 7.95. The van der Waals surface area contributed by atoms with Crippen LogP contribution < -0.4 is 5.73 Å². The van der Waals surface area contributed by atoms with Crippen molar-refractivity contribution in [1.29, 1.82) is 0 Å². The number of amides is 1. The zero-order valence-electron chi connectivity index (χ0n) is 12.1. The Bertz CT molecular complexity index is 815. The van der Waals surface area contributed by atoms with Gasteiger partial charge in [-0.15, -0.1) is 10.2 Å². The third-order valence-electron chi connectivity index (χ3n) is 3.23. The molecule has 2 aromatic heterocycles. The van der Waals surface area contributed by atoms with Crippen LogP contribution in [0, 0.1) is 5.82 Å². The predicted octanol–water partition coefficient (Wildman–Crippen LogP) is 2.53. The Morgan fingerprint density at radius 2 is 2.04 bits per heavy atom. The normalized spacial score (nSPS) is 12.3. The lowest BCUT2D eigenvalue weighted by molar-refractivity contribution is -0.117. The van der Waals surface area contributed by atoms with Crippen LogP contribution in [-0.4, -0.2) is 20.7 Å². The summed E-state index contributed by atoms with van der Waals surface area (Å²) in [5.74, 6) is 0.203. The Morgan fingerprint density at radius 3 is 2.65 bits per heavy atom. The highest BCUT2D eigenvalue weighted by molar-refractivity contribution is 8.00. The topological polar surface area (TPSA) is 86.9 Å². The van der Waals surface area contributed by atoms with E-state index in [4.69, 9.17) is 10.2 Å².